The van der Waals surface area contributed by atoms with Crippen molar-refractivity contribution in [2.45, 2.75) is 46.0 Å². The third-order valence-corrected chi connectivity index (χ3v) is 3.41. The van der Waals surface area contributed by atoms with E-state index in [4.69, 9.17) is 0 Å². The Morgan fingerprint density at radius 2 is 0.840 bits per heavy atom. The Morgan fingerprint density at radius 3 is 1.20 bits per heavy atom. The Hall–Kier alpha value is -1.54. The summed E-state index contributed by atoms with van der Waals surface area (Å²) in [4.78, 5) is 22.6. The molecule has 0 aromatic heterocycles. The minimum absolute atomic E-state index is 0.0802. The Balaban J connectivity index is 3.14. The lowest BCUT2D eigenvalue weighted by molar-refractivity contribution is 0.240. The van der Waals surface area contributed by atoms with Crippen LogP contribution >= 0.6 is 0 Å². The highest BCUT2D eigenvalue weighted by atomic mass is 16.2. The molecule has 0 aliphatic carbocycles. The lowest BCUT2D eigenvalue weighted by atomic mass is 10.3. The fourth-order valence-corrected chi connectivity index (χ4v) is 2.02. The molecule has 0 radical (unpaired) electrons. The largest absolute Gasteiger partial charge is 0.338 e. The molecule has 0 saturated carbocycles. The van der Waals surface area contributed by atoms with Gasteiger partial charge in [-0.25, -0.2) is 9.59 Å². The Kier molecular flexibility index (Phi) is 17.6. The molecule has 0 aromatic rings. The molecule has 6 N–H and O–H groups in total. The fourth-order valence-electron chi connectivity index (χ4n) is 2.02. The fraction of sp³-hybridized carbons (Fsp3) is 0.882. The Labute approximate surface area is 152 Å². The second-order valence-corrected chi connectivity index (χ2v) is 5.93. The van der Waals surface area contributed by atoms with Crippen molar-refractivity contribution in [2.75, 3.05) is 52.4 Å². The molecule has 25 heavy (non-hydrogen) atoms. The number of carbonyl (C=O) groups excluding carboxylic acids is 2. The van der Waals surface area contributed by atoms with Crippen molar-refractivity contribution in [3.63, 3.8) is 0 Å². The van der Waals surface area contributed by atoms with Gasteiger partial charge >= 0.3 is 12.1 Å². The maximum absolute atomic E-state index is 11.3. The zero-order valence-electron chi connectivity index (χ0n) is 16.0. The highest BCUT2D eigenvalue weighted by molar-refractivity contribution is 5.74. The number of carbonyl (C=O) groups is 2. The molecule has 0 aliphatic rings. The first kappa shape index (κ1) is 23.5. The first-order valence-electron chi connectivity index (χ1n) is 9.65. The monoisotopic (exact) mass is 358 g/mol. The summed E-state index contributed by atoms with van der Waals surface area (Å²) in [5, 5.41) is 17.9. The molecule has 8 nitrogen and oxygen atoms in total. The van der Waals surface area contributed by atoms with E-state index in [1.54, 1.807) is 0 Å². The van der Waals surface area contributed by atoms with Gasteiger partial charge in [0.15, 0.2) is 0 Å². The van der Waals surface area contributed by atoms with E-state index >= 15 is 0 Å². The van der Waals surface area contributed by atoms with Crippen LogP contribution in [0.3, 0.4) is 0 Å². The normalized spacial score (nSPS) is 10.3. The zero-order valence-corrected chi connectivity index (χ0v) is 16.0. The van der Waals surface area contributed by atoms with Crippen molar-refractivity contribution in [3.05, 3.63) is 0 Å². The van der Waals surface area contributed by atoms with Crippen LogP contribution in [0.2, 0.25) is 0 Å². The lowest BCUT2D eigenvalue weighted by Crippen LogP contribution is -2.37. The van der Waals surface area contributed by atoms with Crippen LogP contribution in [0.5, 0.6) is 0 Å². The van der Waals surface area contributed by atoms with E-state index in [9.17, 15) is 9.59 Å². The summed E-state index contributed by atoms with van der Waals surface area (Å²) in [5.74, 6) is 0. The number of nitrogens with one attached hydrogen (secondary N) is 6. The molecule has 0 saturated heterocycles. The number of rotatable bonds is 16. The quantitative estimate of drug-likeness (QED) is 0.229. The van der Waals surface area contributed by atoms with Gasteiger partial charge in [-0.1, -0.05) is 13.8 Å². The van der Waals surface area contributed by atoms with E-state index < -0.39 is 0 Å². The van der Waals surface area contributed by atoms with Crippen LogP contribution in [0.15, 0.2) is 0 Å². The average Bonchev–Trinajstić information content (AvgIpc) is 2.61. The third-order valence-electron chi connectivity index (χ3n) is 3.41. The van der Waals surface area contributed by atoms with Crippen molar-refractivity contribution in [1.29, 1.82) is 0 Å². The van der Waals surface area contributed by atoms with Crippen LogP contribution in [0.1, 0.15) is 46.0 Å². The Bertz CT molecular complexity index is 298. The lowest BCUT2D eigenvalue weighted by Gasteiger charge is -2.09. The summed E-state index contributed by atoms with van der Waals surface area (Å²) in [6.07, 6.45) is 4.83. The summed E-state index contributed by atoms with van der Waals surface area (Å²) >= 11 is 0. The molecule has 0 bridgehead atoms. The van der Waals surface area contributed by atoms with Crippen LogP contribution in [0.4, 0.5) is 9.59 Å². The van der Waals surface area contributed by atoms with Gasteiger partial charge in [-0.15, -0.1) is 0 Å². The Morgan fingerprint density at radius 1 is 0.520 bits per heavy atom. The molecule has 0 rings (SSSR count). The molecule has 148 valence electrons. The molecule has 0 spiro atoms. The van der Waals surface area contributed by atoms with Crippen LogP contribution < -0.4 is 31.9 Å². The highest BCUT2D eigenvalue weighted by Gasteiger charge is 1.98. The summed E-state index contributed by atoms with van der Waals surface area (Å²) in [7, 11) is 0. The number of amides is 4. The van der Waals surface area contributed by atoms with Crippen LogP contribution in [0.25, 0.3) is 0 Å². The van der Waals surface area contributed by atoms with E-state index in [0.717, 1.165) is 71.4 Å². The maximum atomic E-state index is 11.3. The van der Waals surface area contributed by atoms with Gasteiger partial charge in [0, 0.05) is 26.2 Å². The molecule has 0 atom stereocenters. The second kappa shape index (κ2) is 18.8. The van der Waals surface area contributed by atoms with Crippen molar-refractivity contribution in [3.8, 4) is 0 Å². The standard InChI is InChI=1S/C17H38N6O2/c1-3-8-20-16(24)22-14-6-12-18-10-5-11-19-13-7-15-23-17(25)21-9-4-2/h18-19H,3-15H2,1-2H3,(H2,20,22,24)(H2,21,23,25). The summed E-state index contributed by atoms with van der Waals surface area (Å²) in [5.41, 5.74) is 0. The van der Waals surface area contributed by atoms with Gasteiger partial charge in [0.25, 0.3) is 0 Å². The SMILES string of the molecule is CCCNC(=O)NCCCNCCCNCCCNC(=O)NCCC. The number of hydrogen-bond acceptors (Lipinski definition) is 4. The third kappa shape index (κ3) is 18.6. The van der Waals surface area contributed by atoms with Gasteiger partial charge in [0.05, 0.1) is 0 Å². The first-order valence-corrected chi connectivity index (χ1v) is 9.65. The van der Waals surface area contributed by atoms with Gasteiger partial charge < -0.3 is 31.9 Å². The summed E-state index contributed by atoms with van der Waals surface area (Å²) in [6, 6.07) is -0.160. The van der Waals surface area contributed by atoms with E-state index in [0.29, 0.717) is 13.1 Å². The molecule has 0 fully saturated rings. The van der Waals surface area contributed by atoms with Crippen LogP contribution in [0, 0.1) is 0 Å². The van der Waals surface area contributed by atoms with Gasteiger partial charge in [-0.05, 0) is 58.3 Å². The van der Waals surface area contributed by atoms with Gasteiger partial charge in [0.1, 0.15) is 0 Å². The molecule has 4 amide bonds. The molecule has 0 heterocycles. The average molecular weight is 359 g/mol. The number of urea groups is 2. The van der Waals surface area contributed by atoms with E-state index in [1.807, 2.05) is 13.8 Å². The highest BCUT2D eigenvalue weighted by Crippen LogP contribution is 1.80. The predicted molar refractivity (Wildman–Crippen MR) is 103 cm³/mol. The first-order chi connectivity index (χ1) is 12.2. The molecular weight excluding hydrogens is 320 g/mol. The van der Waals surface area contributed by atoms with Gasteiger partial charge in [-0.2, -0.15) is 0 Å². The minimum atomic E-state index is -0.0802. The smallest absolute Gasteiger partial charge is 0.314 e. The molecule has 0 aromatic carbocycles. The van der Waals surface area contributed by atoms with Crippen molar-refractivity contribution >= 4 is 12.1 Å². The van der Waals surface area contributed by atoms with Crippen molar-refractivity contribution in [2.24, 2.45) is 0 Å². The molecule has 0 aliphatic heterocycles. The van der Waals surface area contributed by atoms with Crippen molar-refractivity contribution in [1.82, 2.24) is 31.9 Å². The van der Waals surface area contributed by atoms with E-state index in [2.05, 4.69) is 31.9 Å². The van der Waals surface area contributed by atoms with Crippen molar-refractivity contribution < 1.29 is 9.59 Å². The van der Waals surface area contributed by atoms with Crippen LogP contribution in [-0.4, -0.2) is 64.4 Å². The van der Waals surface area contributed by atoms with Gasteiger partial charge in [0.2, 0.25) is 0 Å². The van der Waals surface area contributed by atoms with E-state index in [1.165, 1.54) is 0 Å². The minimum Gasteiger partial charge on any atom is -0.338 e. The molecule has 0 unspecified atom stereocenters. The summed E-state index contributed by atoms with van der Waals surface area (Å²) in [6.45, 7) is 10.6. The van der Waals surface area contributed by atoms with Gasteiger partial charge in [-0.3, -0.25) is 0 Å². The van der Waals surface area contributed by atoms with Crippen LogP contribution in [-0.2, 0) is 0 Å². The molecule has 8 heteroatoms. The number of hydrogen-bond donors (Lipinski definition) is 6. The second-order valence-electron chi connectivity index (χ2n) is 5.93. The maximum Gasteiger partial charge on any atom is 0.314 e. The zero-order chi connectivity index (χ0) is 18.6. The summed E-state index contributed by atoms with van der Waals surface area (Å²) < 4.78 is 0. The van der Waals surface area contributed by atoms with E-state index in [-0.39, 0.29) is 12.1 Å². The predicted octanol–water partition coefficient (Wildman–Crippen LogP) is 0.754. The topological polar surface area (TPSA) is 106 Å². The molecular formula is C17H38N6O2.